The number of para-hydroxylation sites is 1. The summed E-state index contributed by atoms with van der Waals surface area (Å²) < 4.78 is 12.8. The van der Waals surface area contributed by atoms with E-state index in [0.717, 1.165) is 32.6 Å². The first-order valence-corrected chi connectivity index (χ1v) is 10.3. The van der Waals surface area contributed by atoms with Gasteiger partial charge in [0.1, 0.15) is 17.4 Å². The lowest BCUT2D eigenvalue weighted by Gasteiger charge is -2.35. The molecule has 1 aliphatic heterocycles. The van der Waals surface area contributed by atoms with Crippen molar-refractivity contribution in [2.45, 2.75) is 31.6 Å². The van der Waals surface area contributed by atoms with E-state index in [0.29, 0.717) is 34.6 Å². The number of methoxy groups -OCH3 is 1. The molecular weight excluding hydrogens is 394 g/mol. The predicted molar refractivity (Wildman–Crippen MR) is 108 cm³/mol. The minimum absolute atomic E-state index is 0.327. The molecule has 0 bridgehead atoms. The van der Waals surface area contributed by atoms with Gasteiger partial charge in [0, 0.05) is 25.8 Å². The zero-order valence-corrected chi connectivity index (χ0v) is 17.2. The van der Waals surface area contributed by atoms with Gasteiger partial charge in [0.2, 0.25) is 0 Å². The number of benzene rings is 1. The van der Waals surface area contributed by atoms with Crippen LogP contribution in [0.5, 0.6) is 5.75 Å². The van der Waals surface area contributed by atoms with E-state index in [1.54, 1.807) is 24.4 Å². The SMILES string of the molecule is COC(=O)c1ccccc1O[C@@H]1C[C@@H]2CN(CCn3cc(Cl)cn3)C[C@@H]2C[C@H]1O. The van der Waals surface area contributed by atoms with E-state index in [1.807, 2.05) is 16.9 Å². The average molecular weight is 420 g/mol. The van der Waals surface area contributed by atoms with Gasteiger partial charge in [-0.2, -0.15) is 5.10 Å². The van der Waals surface area contributed by atoms with Gasteiger partial charge in [0.05, 0.1) is 31.0 Å². The number of carbonyl (C=O) groups is 1. The molecule has 0 spiro atoms. The van der Waals surface area contributed by atoms with Crippen molar-refractivity contribution in [2.24, 2.45) is 11.8 Å². The number of ether oxygens (including phenoxy) is 2. The number of fused-ring (bicyclic) bond motifs is 1. The second-order valence-electron chi connectivity index (χ2n) is 7.88. The molecule has 1 N–H and O–H groups in total. The zero-order valence-electron chi connectivity index (χ0n) is 16.4. The number of hydrogen-bond acceptors (Lipinski definition) is 6. The van der Waals surface area contributed by atoms with Gasteiger partial charge in [-0.3, -0.25) is 4.68 Å². The van der Waals surface area contributed by atoms with E-state index < -0.39 is 12.1 Å². The van der Waals surface area contributed by atoms with Crippen LogP contribution in [0, 0.1) is 11.8 Å². The van der Waals surface area contributed by atoms with Crippen LogP contribution in [0.25, 0.3) is 0 Å². The lowest BCUT2D eigenvalue weighted by Crippen LogP contribution is -2.42. The summed E-state index contributed by atoms with van der Waals surface area (Å²) in [5.74, 6) is 0.957. The Labute approximate surface area is 175 Å². The van der Waals surface area contributed by atoms with Crippen LogP contribution in [0.3, 0.4) is 0 Å². The summed E-state index contributed by atoms with van der Waals surface area (Å²) in [6.07, 6.45) is 4.08. The molecule has 0 unspecified atom stereocenters. The van der Waals surface area contributed by atoms with Gasteiger partial charge in [-0.15, -0.1) is 0 Å². The van der Waals surface area contributed by atoms with Crippen molar-refractivity contribution in [3.63, 3.8) is 0 Å². The molecule has 156 valence electrons. The highest BCUT2D eigenvalue weighted by Crippen LogP contribution is 2.38. The molecular formula is C21H26ClN3O4. The maximum atomic E-state index is 12.0. The molecule has 8 heteroatoms. The molecule has 1 aromatic heterocycles. The van der Waals surface area contributed by atoms with E-state index in [9.17, 15) is 9.90 Å². The molecule has 2 heterocycles. The van der Waals surface area contributed by atoms with E-state index in [1.165, 1.54) is 7.11 Å². The van der Waals surface area contributed by atoms with Crippen LogP contribution >= 0.6 is 11.6 Å². The van der Waals surface area contributed by atoms with Crippen molar-refractivity contribution >= 4 is 17.6 Å². The van der Waals surface area contributed by atoms with Gasteiger partial charge in [0.15, 0.2) is 0 Å². The van der Waals surface area contributed by atoms with E-state index in [-0.39, 0.29) is 6.10 Å². The number of halogens is 1. The maximum absolute atomic E-state index is 12.0. The first kappa shape index (κ1) is 20.2. The van der Waals surface area contributed by atoms with Crippen LogP contribution in [0.2, 0.25) is 5.02 Å². The summed E-state index contributed by atoms with van der Waals surface area (Å²) in [7, 11) is 1.35. The molecule has 2 aliphatic rings. The Balaban J connectivity index is 1.36. The average Bonchev–Trinajstić information content (AvgIpc) is 3.31. The third-order valence-electron chi connectivity index (χ3n) is 5.98. The number of likely N-dealkylation sites (tertiary alicyclic amines) is 1. The van der Waals surface area contributed by atoms with E-state index in [2.05, 4.69) is 10.00 Å². The maximum Gasteiger partial charge on any atom is 0.341 e. The van der Waals surface area contributed by atoms with Crippen LogP contribution in [-0.4, -0.2) is 64.7 Å². The number of hydrogen-bond donors (Lipinski definition) is 1. The van der Waals surface area contributed by atoms with Gasteiger partial charge in [-0.25, -0.2) is 4.79 Å². The summed E-state index contributed by atoms with van der Waals surface area (Å²) in [6.45, 7) is 3.64. The number of esters is 1. The molecule has 7 nitrogen and oxygen atoms in total. The topological polar surface area (TPSA) is 76.8 Å². The monoisotopic (exact) mass is 419 g/mol. The first-order valence-electron chi connectivity index (χ1n) is 9.96. The van der Waals surface area contributed by atoms with E-state index in [4.69, 9.17) is 21.1 Å². The number of rotatable bonds is 6. The van der Waals surface area contributed by atoms with Crippen LogP contribution in [-0.2, 0) is 11.3 Å². The summed E-state index contributed by atoms with van der Waals surface area (Å²) in [5, 5.41) is 15.5. The van der Waals surface area contributed by atoms with Crippen LogP contribution < -0.4 is 4.74 Å². The Kier molecular flexibility index (Phi) is 6.08. The van der Waals surface area contributed by atoms with Crippen molar-refractivity contribution in [3.8, 4) is 5.75 Å². The standard InChI is InChI=1S/C21H26ClN3O4/c1-28-21(27)17-4-2-3-5-19(17)29-20-9-15-12-24(11-14(15)8-18(20)26)6-7-25-13-16(22)10-23-25/h2-5,10,13-15,18,20,26H,6-9,11-12H2,1H3/t14-,15+,18+,20+/m0/s1. The van der Waals surface area contributed by atoms with Crippen molar-refractivity contribution in [2.75, 3.05) is 26.7 Å². The summed E-state index contributed by atoms with van der Waals surface area (Å²) in [6, 6.07) is 7.02. The number of aromatic nitrogens is 2. The van der Waals surface area contributed by atoms with Crippen molar-refractivity contribution < 1.29 is 19.4 Å². The molecule has 1 aromatic carbocycles. The van der Waals surface area contributed by atoms with Crippen LogP contribution in [0.1, 0.15) is 23.2 Å². The minimum Gasteiger partial charge on any atom is -0.487 e. The Bertz CT molecular complexity index is 858. The smallest absolute Gasteiger partial charge is 0.341 e. The molecule has 1 aliphatic carbocycles. The largest absolute Gasteiger partial charge is 0.487 e. The predicted octanol–water partition coefficient (Wildman–Crippen LogP) is 2.47. The highest BCUT2D eigenvalue weighted by Gasteiger charge is 2.42. The Morgan fingerprint density at radius 2 is 2.00 bits per heavy atom. The number of aliphatic hydroxyl groups excluding tert-OH is 1. The Hall–Kier alpha value is -2.09. The number of nitrogens with zero attached hydrogens (tertiary/aromatic N) is 3. The normalized spacial score (nSPS) is 26.9. The third kappa shape index (κ3) is 4.57. The number of aliphatic hydroxyl groups is 1. The molecule has 29 heavy (non-hydrogen) atoms. The quantitative estimate of drug-likeness (QED) is 0.725. The minimum atomic E-state index is -0.549. The molecule has 4 atom stereocenters. The fourth-order valence-corrected chi connectivity index (χ4v) is 4.67. The van der Waals surface area contributed by atoms with Gasteiger partial charge < -0.3 is 19.5 Å². The van der Waals surface area contributed by atoms with Crippen LogP contribution in [0.4, 0.5) is 0 Å². The molecule has 2 fully saturated rings. The lowest BCUT2D eigenvalue weighted by molar-refractivity contribution is -0.0237. The Morgan fingerprint density at radius 1 is 1.24 bits per heavy atom. The van der Waals surface area contributed by atoms with Gasteiger partial charge in [-0.05, 0) is 36.8 Å². The highest BCUT2D eigenvalue weighted by atomic mass is 35.5. The van der Waals surface area contributed by atoms with E-state index >= 15 is 0 Å². The lowest BCUT2D eigenvalue weighted by atomic mass is 9.78. The molecule has 1 saturated heterocycles. The van der Waals surface area contributed by atoms with Crippen molar-refractivity contribution in [1.82, 2.24) is 14.7 Å². The van der Waals surface area contributed by atoms with Gasteiger partial charge in [0.25, 0.3) is 0 Å². The molecule has 1 saturated carbocycles. The summed E-state index contributed by atoms with van der Waals surface area (Å²) in [5.41, 5.74) is 0.384. The summed E-state index contributed by atoms with van der Waals surface area (Å²) >= 11 is 5.93. The highest BCUT2D eigenvalue weighted by molar-refractivity contribution is 6.30. The van der Waals surface area contributed by atoms with Crippen molar-refractivity contribution in [1.29, 1.82) is 0 Å². The molecule has 4 rings (SSSR count). The Morgan fingerprint density at radius 3 is 2.72 bits per heavy atom. The summed E-state index contributed by atoms with van der Waals surface area (Å²) in [4.78, 5) is 14.4. The number of carbonyl (C=O) groups excluding carboxylic acids is 1. The second-order valence-corrected chi connectivity index (χ2v) is 8.32. The molecule has 0 amide bonds. The second kappa shape index (κ2) is 8.73. The van der Waals surface area contributed by atoms with Gasteiger partial charge >= 0.3 is 5.97 Å². The first-order chi connectivity index (χ1) is 14.0. The molecule has 0 radical (unpaired) electrons. The van der Waals surface area contributed by atoms with Gasteiger partial charge in [-0.1, -0.05) is 23.7 Å². The third-order valence-corrected chi connectivity index (χ3v) is 6.17. The fraction of sp³-hybridized carbons (Fsp3) is 0.524. The van der Waals surface area contributed by atoms with Crippen LogP contribution in [0.15, 0.2) is 36.7 Å². The molecule has 2 aromatic rings. The van der Waals surface area contributed by atoms with Crippen molar-refractivity contribution in [3.05, 3.63) is 47.2 Å². The zero-order chi connectivity index (χ0) is 20.4. The fourth-order valence-electron chi connectivity index (χ4n) is 4.51.